The molecule has 5 heteroatoms. The fourth-order valence-electron chi connectivity index (χ4n) is 3.53. The van der Waals surface area contributed by atoms with Crippen LogP contribution in [0.2, 0.25) is 23.7 Å². The Kier molecular flexibility index (Phi) is 10.9. The Hall–Kier alpha value is -1.10. The van der Waals surface area contributed by atoms with E-state index in [0.717, 1.165) is 12.2 Å². The molecule has 0 saturated carbocycles. The fourth-order valence-corrected chi connectivity index (χ4v) is 8.93. The molecule has 22 heavy (non-hydrogen) atoms. The van der Waals surface area contributed by atoms with Crippen molar-refractivity contribution in [2.45, 2.75) is 77.1 Å². The second-order valence-corrected chi connectivity index (χ2v) is 11.3. The van der Waals surface area contributed by atoms with Crippen molar-refractivity contribution in [1.82, 2.24) is 0 Å². The molecule has 1 N–H and O–H groups in total. The minimum Gasteiger partial charge on any atom is -0.478 e. The van der Waals surface area contributed by atoms with Gasteiger partial charge >= 0.3 is 11.9 Å². The number of hydrogen-bond acceptors (Lipinski definition) is 3. The van der Waals surface area contributed by atoms with Crippen LogP contribution in [-0.4, -0.2) is 31.7 Å². The lowest BCUT2D eigenvalue weighted by Crippen LogP contribution is -2.40. The standard InChI is InChI=1S/C11H24Si.C6H8O4/c1-4-11-9-7-8-10-12(11,5-2)6-3;1-2-10-6(9)4-3-5(7)8/h11H,4-10H2,1-3H3;3-4H,2H2,1H3,(H,7,8)/b;4-3-. The van der Waals surface area contributed by atoms with Crippen molar-refractivity contribution in [1.29, 1.82) is 0 Å². The SMILES string of the molecule is CCC1CCCC[Si]1(CC)CC.CCOC(=O)/C=C\C(=O)O. The average molecular weight is 329 g/mol. The Morgan fingerprint density at radius 3 is 2.18 bits per heavy atom. The van der Waals surface area contributed by atoms with Crippen LogP contribution in [0.1, 0.15) is 53.4 Å². The van der Waals surface area contributed by atoms with Crippen molar-refractivity contribution in [3.63, 3.8) is 0 Å². The van der Waals surface area contributed by atoms with Crippen LogP contribution in [0.3, 0.4) is 0 Å². The highest BCUT2D eigenvalue weighted by atomic mass is 28.3. The van der Waals surface area contributed by atoms with Crippen LogP contribution in [0.5, 0.6) is 0 Å². The van der Waals surface area contributed by atoms with Crippen LogP contribution in [-0.2, 0) is 14.3 Å². The molecule has 0 spiro atoms. The molecule has 128 valence electrons. The maximum Gasteiger partial charge on any atom is 0.330 e. The number of carboxylic acids is 1. The van der Waals surface area contributed by atoms with Crippen LogP contribution in [0.25, 0.3) is 0 Å². The fraction of sp³-hybridized carbons (Fsp3) is 0.765. The molecular formula is C17H32O4Si. The molecule has 1 fully saturated rings. The monoisotopic (exact) mass is 328 g/mol. The van der Waals surface area contributed by atoms with E-state index in [1.807, 2.05) is 0 Å². The van der Waals surface area contributed by atoms with Gasteiger partial charge in [-0.1, -0.05) is 64.6 Å². The molecule has 1 atom stereocenters. The van der Waals surface area contributed by atoms with E-state index in [1.165, 1.54) is 18.4 Å². The topological polar surface area (TPSA) is 63.6 Å². The molecule has 0 aromatic rings. The number of rotatable bonds is 6. The maximum absolute atomic E-state index is 10.4. The Morgan fingerprint density at radius 2 is 1.77 bits per heavy atom. The first-order valence-corrected chi connectivity index (χ1v) is 11.2. The normalized spacial score (nSPS) is 20.1. The van der Waals surface area contributed by atoms with Gasteiger partial charge in [0.15, 0.2) is 0 Å². The van der Waals surface area contributed by atoms with Crippen LogP contribution >= 0.6 is 0 Å². The van der Waals surface area contributed by atoms with Gasteiger partial charge in [-0.05, 0) is 12.5 Å². The number of carboxylic acid groups (broad SMARTS) is 1. The van der Waals surface area contributed by atoms with Gasteiger partial charge in [-0.2, -0.15) is 0 Å². The summed E-state index contributed by atoms with van der Waals surface area (Å²) in [5.74, 6) is -1.79. The summed E-state index contributed by atoms with van der Waals surface area (Å²) < 4.78 is 4.40. The van der Waals surface area contributed by atoms with Crippen molar-refractivity contribution in [2.75, 3.05) is 6.61 Å². The molecule has 1 rings (SSSR count). The average Bonchev–Trinajstić information content (AvgIpc) is 2.53. The van der Waals surface area contributed by atoms with Gasteiger partial charge < -0.3 is 9.84 Å². The molecule has 1 aliphatic rings. The number of aliphatic carboxylic acids is 1. The second kappa shape index (κ2) is 11.5. The van der Waals surface area contributed by atoms with Crippen molar-refractivity contribution < 1.29 is 19.4 Å². The molecule has 1 heterocycles. The quantitative estimate of drug-likeness (QED) is 0.438. The molecular weight excluding hydrogens is 296 g/mol. The van der Waals surface area contributed by atoms with Gasteiger partial charge in [-0.25, -0.2) is 9.59 Å². The summed E-state index contributed by atoms with van der Waals surface area (Å²) in [6.45, 7) is 9.20. The highest BCUT2D eigenvalue weighted by Gasteiger charge is 2.38. The van der Waals surface area contributed by atoms with Gasteiger partial charge in [0.05, 0.1) is 14.7 Å². The lowest BCUT2D eigenvalue weighted by atomic mass is 10.1. The number of ether oxygens (including phenoxy) is 1. The molecule has 0 bridgehead atoms. The second-order valence-electron chi connectivity index (χ2n) is 5.84. The van der Waals surface area contributed by atoms with Crippen LogP contribution < -0.4 is 0 Å². The number of esters is 1. The van der Waals surface area contributed by atoms with E-state index in [9.17, 15) is 9.59 Å². The largest absolute Gasteiger partial charge is 0.478 e. The number of hydrogen-bond donors (Lipinski definition) is 1. The molecule has 0 aliphatic carbocycles. The van der Waals surface area contributed by atoms with Crippen LogP contribution in [0, 0.1) is 0 Å². The van der Waals surface area contributed by atoms with Gasteiger partial charge in [-0.15, -0.1) is 0 Å². The summed E-state index contributed by atoms with van der Waals surface area (Å²) in [6, 6.07) is 4.72. The summed E-state index contributed by atoms with van der Waals surface area (Å²) in [7, 11) is -0.760. The predicted octanol–water partition coefficient (Wildman–Crippen LogP) is 4.63. The highest BCUT2D eigenvalue weighted by molar-refractivity contribution is 6.81. The summed E-state index contributed by atoms with van der Waals surface area (Å²) in [4.78, 5) is 20.2. The van der Waals surface area contributed by atoms with E-state index < -0.39 is 20.0 Å². The zero-order valence-corrected chi connectivity index (χ0v) is 15.6. The van der Waals surface area contributed by atoms with E-state index in [1.54, 1.807) is 37.9 Å². The third-order valence-electron chi connectivity index (χ3n) is 4.89. The minimum atomic E-state index is -1.16. The van der Waals surface area contributed by atoms with Gasteiger partial charge in [0.2, 0.25) is 0 Å². The first-order valence-electron chi connectivity index (χ1n) is 8.53. The van der Waals surface area contributed by atoms with E-state index in [-0.39, 0.29) is 6.61 Å². The van der Waals surface area contributed by atoms with E-state index in [4.69, 9.17) is 5.11 Å². The van der Waals surface area contributed by atoms with Gasteiger partial charge in [-0.3, -0.25) is 0 Å². The van der Waals surface area contributed by atoms with Crippen molar-refractivity contribution in [3.05, 3.63) is 12.2 Å². The minimum absolute atomic E-state index is 0.253. The van der Waals surface area contributed by atoms with E-state index in [2.05, 4.69) is 25.5 Å². The zero-order valence-electron chi connectivity index (χ0n) is 14.6. The molecule has 1 saturated heterocycles. The summed E-state index contributed by atoms with van der Waals surface area (Å²) in [6.07, 6.45) is 7.69. The molecule has 4 nitrogen and oxygen atoms in total. The van der Waals surface area contributed by atoms with Gasteiger partial charge in [0, 0.05) is 12.2 Å². The van der Waals surface area contributed by atoms with Gasteiger partial charge in [0.1, 0.15) is 0 Å². The lowest BCUT2D eigenvalue weighted by Gasteiger charge is -2.41. The first-order chi connectivity index (χ1) is 10.5. The summed E-state index contributed by atoms with van der Waals surface area (Å²) in [5.41, 5.74) is 1.17. The Bertz CT molecular complexity index is 362. The van der Waals surface area contributed by atoms with Gasteiger partial charge in [0.25, 0.3) is 0 Å². The van der Waals surface area contributed by atoms with E-state index in [0.29, 0.717) is 0 Å². The molecule has 0 amide bonds. The molecule has 1 unspecified atom stereocenters. The first kappa shape index (κ1) is 20.9. The smallest absolute Gasteiger partial charge is 0.330 e. The summed E-state index contributed by atoms with van der Waals surface area (Å²) >= 11 is 0. The van der Waals surface area contributed by atoms with Crippen molar-refractivity contribution in [2.24, 2.45) is 0 Å². The zero-order chi connectivity index (χ0) is 17.0. The third-order valence-corrected chi connectivity index (χ3v) is 11.5. The van der Waals surface area contributed by atoms with Crippen molar-refractivity contribution in [3.8, 4) is 0 Å². The Morgan fingerprint density at radius 1 is 1.14 bits per heavy atom. The molecule has 0 aromatic carbocycles. The lowest BCUT2D eigenvalue weighted by molar-refractivity contribution is -0.138. The van der Waals surface area contributed by atoms with E-state index >= 15 is 0 Å². The summed E-state index contributed by atoms with van der Waals surface area (Å²) in [5, 5.41) is 8.04. The third kappa shape index (κ3) is 7.25. The number of carbonyl (C=O) groups excluding carboxylic acids is 1. The Labute approximate surface area is 136 Å². The van der Waals surface area contributed by atoms with Crippen molar-refractivity contribution >= 4 is 20.0 Å². The molecule has 0 radical (unpaired) electrons. The highest BCUT2D eigenvalue weighted by Crippen LogP contribution is 2.44. The molecule has 1 aliphatic heterocycles. The predicted molar refractivity (Wildman–Crippen MR) is 92.8 cm³/mol. The molecule has 0 aromatic heterocycles. The van der Waals surface area contributed by atoms with Crippen LogP contribution in [0.4, 0.5) is 0 Å². The van der Waals surface area contributed by atoms with Crippen LogP contribution in [0.15, 0.2) is 12.2 Å². The number of carbonyl (C=O) groups is 2. The maximum atomic E-state index is 10.4. The Balaban J connectivity index is 0.000000409.